The van der Waals surface area contributed by atoms with Gasteiger partial charge in [-0.2, -0.15) is 0 Å². The van der Waals surface area contributed by atoms with Gasteiger partial charge in [-0.1, -0.05) is 74.5 Å². The number of nitrogens with zero attached hydrogens (tertiary/aromatic N) is 3. The zero-order valence-electron chi connectivity index (χ0n) is 19.2. The van der Waals surface area contributed by atoms with Gasteiger partial charge >= 0.3 is 0 Å². The molecular weight excluding hydrogens is 414 g/mol. The van der Waals surface area contributed by atoms with E-state index in [1.54, 1.807) is 0 Å². The zero-order chi connectivity index (χ0) is 22.9. The molecule has 3 heteroatoms. The van der Waals surface area contributed by atoms with Gasteiger partial charge in [-0.3, -0.25) is 4.98 Å². The van der Waals surface area contributed by atoms with E-state index in [0.29, 0.717) is 0 Å². The monoisotopic (exact) mass is 437 g/mol. The third-order valence-corrected chi connectivity index (χ3v) is 7.34. The van der Waals surface area contributed by atoms with Crippen LogP contribution < -0.4 is 0 Å². The molecule has 34 heavy (non-hydrogen) atoms. The van der Waals surface area contributed by atoms with Gasteiger partial charge in [-0.15, -0.1) is 0 Å². The maximum absolute atomic E-state index is 5.04. The van der Waals surface area contributed by atoms with Crippen LogP contribution in [0, 0.1) is 0 Å². The molecule has 0 N–H and O–H groups in total. The highest BCUT2D eigenvalue weighted by Gasteiger charge is 2.36. The highest BCUT2D eigenvalue weighted by Crippen LogP contribution is 2.51. The molecule has 0 radical (unpaired) electrons. The average molecular weight is 438 g/mol. The van der Waals surface area contributed by atoms with Crippen LogP contribution in [0.2, 0.25) is 0 Å². The molecule has 0 unspecified atom stereocenters. The quantitative estimate of drug-likeness (QED) is 0.280. The molecule has 7 rings (SSSR count). The summed E-state index contributed by atoms with van der Waals surface area (Å²) < 4.78 is 2.22. The van der Waals surface area contributed by atoms with Gasteiger partial charge in [0, 0.05) is 34.8 Å². The van der Waals surface area contributed by atoms with Crippen molar-refractivity contribution >= 4 is 21.8 Å². The second-order valence-corrected chi connectivity index (χ2v) is 9.56. The van der Waals surface area contributed by atoms with Crippen molar-refractivity contribution in [3.8, 4) is 28.1 Å². The lowest BCUT2D eigenvalue weighted by Gasteiger charge is -2.21. The molecule has 0 spiro atoms. The molecule has 0 saturated carbocycles. The first-order chi connectivity index (χ1) is 16.6. The van der Waals surface area contributed by atoms with E-state index in [4.69, 9.17) is 4.98 Å². The van der Waals surface area contributed by atoms with Crippen LogP contribution in [-0.4, -0.2) is 14.5 Å². The summed E-state index contributed by atoms with van der Waals surface area (Å²) in [4.78, 5) is 9.41. The lowest BCUT2D eigenvalue weighted by molar-refractivity contribution is 0.661. The Hall–Kier alpha value is -4.24. The van der Waals surface area contributed by atoms with Crippen molar-refractivity contribution in [1.29, 1.82) is 0 Å². The van der Waals surface area contributed by atoms with E-state index in [-0.39, 0.29) is 5.41 Å². The van der Waals surface area contributed by atoms with Crippen molar-refractivity contribution < 1.29 is 0 Å². The van der Waals surface area contributed by atoms with Gasteiger partial charge in [0.25, 0.3) is 0 Å². The molecule has 1 aliphatic carbocycles. The van der Waals surface area contributed by atoms with E-state index >= 15 is 0 Å². The molecule has 0 fully saturated rings. The van der Waals surface area contributed by atoms with Crippen molar-refractivity contribution in [3.63, 3.8) is 0 Å². The number of aromatic nitrogens is 3. The summed E-state index contributed by atoms with van der Waals surface area (Å²) in [6.07, 6.45) is 5.88. The number of hydrogen-bond donors (Lipinski definition) is 0. The van der Waals surface area contributed by atoms with Crippen molar-refractivity contribution in [3.05, 3.63) is 115 Å². The van der Waals surface area contributed by atoms with Gasteiger partial charge in [0.05, 0.1) is 11.0 Å². The second kappa shape index (κ2) is 6.88. The van der Waals surface area contributed by atoms with Crippen LogP contribution in [0.15, 0.2) is 104 Å². The summed E-state index contributed by atoms with van der Waals surface area (Å²) in [6, 6.07) is 30.3. The second-order valence-electron chi connectivity index (χ2n) is 9.56. The molecular formula is C31H23N3. The molecule has 3 aromatic heterocycles. The third kappa shape index (κ3) is 2.58. The highest BCUT2D eigenvalue weighted by atomic mass is 15.1. The fourth-order valence-corrected chi connectivity index (χ4v) is 5.65. The van der Waals surface area contributed by atoms with Crippen LogP contribution in [0.5, 0.6) is 0 Å². The molecule has 3 aromatic carbocycles. The lowest BCUT2D eigenvalue weighted by Crippen LogP contribution is -2.14. The Kier molecular flexibility index (Phi) is 3.89. The van der Waals surface area contributed by atoms with Gasteiger partial charge in [-0.25, -0.2) is 4.98 Å². The maximum atomic E-state index is 5.04. The van der Waals surface area contributed by atoms with Crippen molar-refractivity contribution in [2.24, 2.45) is 0 Å². The predicted molar refractivity (Wildman–Crippen MR) is 139 cm³/mol. The first kappa shape index (κ1) is 19.2. The first-order valence-corrected chi connectivity index (χ1v) is 11.7. The maximum Gasteiger partial charge on any atom is 0.138 e. The minimum Gasteiger partial charge on any atom is -0.301 e. The largest absolute Gasteiger partial charge is 0.301 e. The summed E-state index contributed by atoms with van der Waals surface area (Å²) in [5, 5.41) is 2.33. The molecule has 1 aliphatic rings. The van der Waals surface area contributed by atoms with Crippen LogP contribution in [0.3, 0.4) is 0 Å². The van der Waals surface area contributed by atoms with Crippen LogP contribution >= 0.6 is 0 Å². The third-order valence-electron chi connectivity index (χ3n) is 7.34. The van der Waals surface area contributed by atoms with Crippen LogP contribution in [0.4, 0.5) is 0 Å². The van der Waals surface area contributed by atoms with E-state index in [1.807, 2.05) is 24.5 Å². The molecule has 6 aromatic rings. The van der Waals surface area contributed by atoms with Gasteiger partial charge in [0.1, 0.15) is 5.82 Å². The zero-order valence-corrected chi connectivity index (χ0v) is 19.2. The Balaban J connectivity index is 1.50. The number of pyridine rings is 2. The molecule has 0 amide bonds. The Morgan fingerprint density at radius 2 is 1.56 bits per heavy atom. The summed E-state index contributed by atoms with van der Waals surface area (Å²) in [7, 11) is 0. The van der Waals surface area contributed by atoms with Crippen LogP contribution in [-0.2, 0) is 5.41 Å². The molecule has 162 valence electrons. The fourth-order valence-electron chi connectivity index (χ4n) is 5.65. The van der Waals surface area contributed by atoms with Crippen LogP contribution in [0.25, 0.3) is 49.9 Å². The lowest BCUT2D eigenvalue weighted by atomic mass is 9.82. The summed E-state index contributed by atoms with van der Waals surface area (Å²) in [6.45, 7) is 4.65. The first-order valence-electron chi connectivity index (χ1n) is 11.7. The summed E-state index contributed by atoms with van der Waals surface area (Å²) >= 11 is 0. The molecule has 0 saturated heterocycles. The van der Waals surface area contributed by atoms with Crippen molar-refractivity contribution in [2.75, 3.05) is 0 Å². The number of fused-ring (bicyclic) bond motifs is 6. The topological polar surface area (TPSA) is 30.7 Å². The normalized spacial score (nSPS) is 13.8. The van der Waals surface area contributed by atoms with Gasteiger partial charge in [0.15, 0.2) is 0 Å². The summed E-state index contributed by atoms with van der Waals surface area (Å²) in [5.74, 6) is 0.915. The van der Waals surface area contributed by atoms with Gasteiger partial charge < -0.3 is 4.57 Å². The van der Waals surface area contributed by atoms with E-state index in [0.717, 1.165) is 27.8 Å². The SMILES string of the molecule is CC1(C)c2ccccc2-c2c1ccc1c2ccn1-c1cc(-c2ccccc2)c2cnccc2n1. The van der Waals surface area contributed by atoms with Crippen molar-refractivity contribution in [2.45, 2.75) is 19.3 Å². The van der Waals surface area contributed by atoms with Crippen molar-refractivity contribution in [1.82, 2.24) is 14.5 Å². The van der Waals surface area contributed by atoms with Gasteiger partial charge in [-0.05, 0) is 57.6 Å². The summed E-state index contributed by atoms with van der Waals surface area (Å²) in [5.41, 5.74) is 9.90. The molecule has 0 bridgehead atoms. The van der Waals surface area contributed by atoms with E-state index in [2.05, 4.69) is 102 Å². The smallest absolute Gasteiger partial charge is 0.138 e. The Morgan fingerprint density at radius 1 is 0.735 bits per heavy atom. The highest BCUT2D eigenvalue weighted by molar-refractivity contribution is 6.02. The average Bonchev–Trinajstić information content (AvgIpc) is 3.41. The minimum atomic E-state index is -0.00308. The minimum absolute atomic E-state index is 0.00308. The molecule has 0 atom stereocenters. The number of rotatable bonds is 2. The van der Waals surface area contributed by atoms with Gasteiger partial charge in [0.2, 0.25) is 0 Å². The predicted octanol–water partition coefficient (Wildman–Crippen LogP) is 7.55. The standard InChI is InChI=1S/C31H23N3/c1-31(2)25-11-7-6-10-21(25)30-22-15-17-34(28(22)13-12-26(30)31)29-18-23(20-8-4-3-5-9-20)24-19-32-16-14-27(24)33-29/h3-19H,1-2H3. The number of hydrogen-bond acceptors (Lipinski definition) is 2. The number of benzene rings is 3. The molecule has 0 aliphatic heterocycles. The van der Waals surface area contributed by atoms with E-state index in [9.17, 15) is 0 Å². The van der Waals surface area contributed by atoms with E-state index in [1.165, 1.54) is 33.2 Å². The molecule has 3 nitrogen and oxygen atoms in total. The van der Waals surface area contributed by atoms with E-state index < -0.39 is 0 Å². The Labute approximate surface area is 198 Å². The van der Waals surface area contributed by atoms with Crippen LogP contribution in [0.1, 0.15) is 25.0 Å². The molecule has 3 heterocycles. The Morgan fingerprint density at radius 3 is 2.44 bits per heavy atom. The fraction of sp³-hybridized carbons (Fsp3) is 0.0968. The Bertz CT molecular complexity index is 1730.